The number of nitrogens with zero attached hydrogens (tertiary/aromatic N) is 1. The SMILES string of the molecule is Cc1ccnc(NCCCS(N)(=O)=O)c1Br. The Hall–Kier alpha value is -0.660. The third-order valence-electron chi connectivity index (χ3n) is 1.98. The molecule has 0 amide bonds. The lowest BCUT2D eigenvalue weighted by Crippen LogP contribution is -2.19. The van der Waals surface area contributed by atoms with Crippen molar-refractivity contribution in [1.29, 1.82) is 0 Å². The molecule has 0 aromatic carbocycles. The van der Waals surface area contributed by atoms with Gasteiger partial charge in [0.05, 0.1) is 10.2 Å². The van der Waals surface area contributed by atoms with E-state index in [1.165, 1.54) is 0 Å². The molecule has 0 bridgehead atoms. The Morgan fingerprint density at radius 1 is 1.56 bits per heavy atom. The molecule has 1 heterocycles. The Balaban J connectivity index is 2.47. The van der Waals surface area contributed by atoms with E-state index in [-0.39, 0.29) is 5.75 Å². The molecule has 0 spiro atoms. The summed E-state index contributed by atoms with van der Waals surface area (Å²) >= 11 is 3.40. The molecule has 0 saturated heterocycles. The number of anilines is 1. The van der Waals surface area contributed by atoms with Gasteiger partial charge >= 0.3 is 0 Å². The van der Waals surface area contributed by atoms with Crippen LogP contribution in [0.15, 0.2) is 16.7 Å². The van der Waals surface area contributed by atoms with Gasteiger partial charge in [-0.05, 0) is 40.9 Å². The molecule has 7 heteroatoms. The highest BCUT2D eigenvalue weighted by atomic mass is 79.9. The molecule has 0 fully saturated rings. The van der Waals surface area contributed by atoms with Crippen LogP contribution < -0.4 is 10.5 Å². The van der Waals surface area contributed by atoms with Gasteiger partial charge in [0.15, 0.2) is 0 Å². The van der Waals surface area contributed by atoms with Crippen molar-refractivity contribution in [2.45, 2.75) is 13.3 Å². The first-order valence-electron chi connectivity index (χ1n) is 4.75. The largest absolute Gasteiger partial charge is 0.369 e. The third-order valence-corrected chi connectivity index (χ3v) is 3.84. The molecule has 0 aliphatic rings. The second-order valence-corrected chi connectivity index (χ2v) is 5.96. The molecule has 0 aliphatic heterocycles. The van der Waals surface area contributed by atoms with Crippen LogP contribution in [0, 0.1) is 6.92 Å². The highest BCUT2D eigenvalue weighted by molar-refractivity contribution is 9.10. The van der Waals surface area contributed by atoms with Crippen LogP contribution >= 0.6 is 15.9 Å². The van der Waals surface area contributed by atoms with Crippen molar-refractivity contribution >= 4 is 31.8 Å². The second-order valence-electron chi connectivity index (χ2n) is 3.44. The highest BCUT2D eigenvalue weighted by Gasteiger charge is 2.04. The number of rotatable bonds is 5. The zero-order chi connectivity index (χ0) is 12.2. The van der Waals surface area contributed by atoms with Gasteiger partial charge in [0.25, 0.3) is 0 Å². The van der Waals surface area contributed by atoms with E-state index in [9.17, 15) is 8.42 Å². The summed E-state index contributed by atoms with van der Waals surface area (Å²) in [6, 6.07) is 1.89. The number of halogens is 1. The van der Waals surface area contributed by atoms with Gasteiger partial charge in [0.2, 0.25) is 10.0 Å². The van der Waals surface area contributed by atoms with Crippen LogP contribution in [-0.4, -0.2) is 25.7 Å². The first-order chi connectivity index (χ1) is 7.40. The maximum Gasteiger partial charge on any atom is 0.209 e. The standard InChI is InChI=1S/C9H14BrN3O2S/c1-7-3-5-13-9(8(7)10)12-4-2-6-16(11,14)15/h3,5H,2,4,6H2,1H3,(H,12,13)(H2,11,14,15). The third kappa shape index (κ3) is 4.46. The van der Waals surface area contributed by atoms with Crippen LogP contribution in [0.3, 0.4) is 0 Å². The van der Waals surface area contributed by atoms with Crippen LogP contribution in [-0.2, 0) is 10.0 Å². The van der Waals surface area contributed by atoms with Gasteiger partial charge in [-0.15, -0.1) is 0 Å². The van der Waals surface area contributed by atoms with E-state index in [0.717, 1.165) is 15.9 Å². The average Bonchev–Trinajstić information content (AvgIpc) is 2.17. The molecule has 1 rings (SSSR count). The van der Waals surface area contributed by atoms with Crippen LogP contribution in [0.4, 0.5) is 5.82 Å². The lowest BCUT2D eigenvalue weighted by molar-refractivity contribution is 0.595. The van der Waals surface area contributed by atoms with Gasteiger partial charge in [-0.3, -0.25) is 0 Å². The number of hydrogen-bond donors (Lipinski definition) is 2. The molecule has 0 aliphatic carbocycles. The maximum absolute atomic E-state index is 10.7. The number of sulfonamides is 1. The Morgan fingerprint density at radius 3 is 2.88 bits per heavy atom. The lowest BCUT2D eigenvalue weighted by atomic mass is 10.3. The second kappa shape index (κ2) is 5.60. The molecule has 5 nitrogen and oxygen atoms in total. The van der Waals surface area contributed by atoms with Crippen LogP contribution in [0.25, 0.3) is 0 Å². The number of pyridine rings is 1. The number of primary sulfonamides is 1. The molecule has 16 heavy (non-hydrogen) atoms. The summed E-state index contributed by atoms with van der Waals surface area (Å²) in [5, 5.41) is 7.94. The number of aromatic nitrogens is 1. The van der Waals surface area contributed by atoms with Gasteiger partial charge in [0, 0.05) is 12.7 Å². The van der Waals surface area contributed by atoms with Crippen molar-refractivity contribution in [3.63, 3.8) is 0 Å². The van der Waals surface area contributed by atoms with Crippen molar-refractivity contribution in [2.24, 2.45) is 5.14 Å². The first-order valence-corrected chi connectivity index (χ1v) is 7.26. The Bertz CT molecular complexity index is 462. The van der Waals surface area contributed by atoms with Crippen LogP contribution in [0.2, 0.25) is 0 Å². The molecule has 90 valence electrons. The molecule has 0 unspecified atom stereocenters. The predicted octanol–water partition coefficient (Wildman–Crippen LogP) is 1.24. The number of nitrogens with two attached hydrogens (primary N) is 1. The summed E-state index contributed by atoms with van der Waals surface area (Å²) in [6.45, 7) is 2.48. The van der Waals surface area contributed by atoms with Crippen LogP contribution in [0.1, 0.15) is 12.0 Å². The smallest absolute Gasteiger partial charge is 0.209 e. The summed E-state index contributed by atoms with van der Waals surface area (Å²) in [6.07, 6.45) is 2.16. The van der Waals surface area contributed by atoms with Crippen molar-refractivity contribution in [1.82, 2.24) is 4.98 Å². The topological polar surface area (TPSA) is 85.1 Å². The Kier molecular flexibility index (Phi) is 4.69. The van der Waals surface area contributed by atoms with E-state index in [4.69, 9.17) is 5.14 Å². The summed E-state index contributed by atoms with van der Waals surface area (Å²) in [4.78, 5) is 4.13. The van der Waals surface area contributed by atoms with Crippen molar-refractivity contribution in [3.05, 3.63) is 22.3 Å². The Morgan fingerprint density at radius 2 is 2.25 bits per heavy atom. The van der Waals surface area contributed by atoms with E-state index >= 15 is 0 Å². The summed E-state index contributed by atoms with van der Waals surface area (Å²) in [5.74, 6) is 0.693. The minimum atomic E-state index is -3.37. The lowest BCUT2D eigenvalue weighted by Gasteiger charge is -2.08. The molecular formula is C9H14BrN3O2S. The molecule has 3 N–H and O–H groups in total. The van der Waals surface area contributed by atoms with E-state index in [2.05, 4.69) is 26.2 Å². The van der Waals surface area contributed by atoms with Crippen LogP contribution in [0.5, 0.6) is 0 Å². The predicted molar refractivity (Wildman–Crippen MR) is 67.8 cm³/mol. The van der Waals surface area contributed by atoms with Gasteiger partial charge in [-0.1, -0.05) is 0 Å². The fourth-order valence-corrected chi connectivity index (χ4v) is 2.07. The summed E-state index contributed by atoms with van der Waals surface area (Å²) in [7, 11) is -3.37. The minimum Gasteiger partial charge on any atom is -0.369 e. The highest BCUT2D eigenvalue weighted by Crippen LogP contribution is 2.22. The zero-order valence-electron chi connectivity index (χ0n) is 8.90. The Labute approximate surface area is 104 Å². The molecule has 1 aromatic heterocycles. The number of nitrogens with one attached hydrogen (secondary N) is 1. The average molecular weight is 308 g/mol. The summed E-state index contributed by atoms with van der Waals surface area (Å²) < 4.78 is 22.3. The zero-order valence-corrected chi connectivity index (χ0v) is 11.3. The van der Waals surface area contributed by atoms with Gasteiger partial charge in [0.1, 0.15) is 5.82 Å². The first kappa shape index (κ1) is 13.4. The fraction of sp³-hybridized carbons (Fsp3) is 0.444. The van der Waals surface area contributed by atoms with Gasteiger partial charge in [-0.2, -0.15) is 0 Å². The van der Waals surface area contributed by atoms with E-state index in [1.807, 2.05) is 13.0 Å². The monoisotopic (exact) mass is 307 g/mol. The molecule has 0 radical (unpaired) electrons. The molecule has 1 aromatic rings. The van der Waals surface area contributed by atoms with Crippen molar-refractivity contribution in [2.75, 3.05) is 17.6 Å². The quantitative estimate of drug-likeness (QED) is 0.802. The molecule has 0 saturated carbocycles. The normalized spacial score (nSPS) is 11.4. The number of hydrogen-bond acceptors (Lipinski definition) is 4. The minimum absolute atomic E-state index is 0.0244. The fourth-order valence-electron chi connectivity index (χ4n) is 1.14. The number of aryl methyl sites for hydroxylation is 1. The van der Waals surface area contributed by atoms with E-state index in [1.54, 1.807) is 6.20 Å². The van der Waals surface area contributed by atoms with Crippen molar-refractivity contribution in [3.8, 4) is 0 Å². The molecular weight excluding hydrogens is 294 g/mol. The summed E-state index contributed by atoms with van der Waals surface area (Å²) in [5.41, 5.74) is 1.07. The van der Waals surface area contributed by atoms with E-state index in [0.29, 0.717) is 13.0 Å². The van der Waals surface area contributed by atoms with Gasteiger partial charge < -0.3 is 5.32 Å². The molecule has 0 atom stereocenters. The van der Waals surface area contributed by atoms with Gasteiger partial charge in [-0.25, -0.2) is 18.5 Å². The maximum atomic E-state index is 10.7. The van der Waals surface area contributed by atoms with E-state index < -0.39 is 10.0 Å². The van der Waals surface area contributed by atoms with Crippen molar-refractivity contribution < 1.29 is 8.42 Å².